The molecule has 27 heavy (non-hydrogen) atoms. The predicted octanol–water partition coefficient (Wildman–Crippen LogP) is 3.17. The number of carbonyl (C=O) groups excluding carboxylic acids is 1. The highest BCUT2D eigenvalue weighted by molar-refractivity contribution is 7.99. The number of nitrogens with zero attached hydrogens (tertiary/aromatic N) is 2. The van der Waals surface area contributed by atoms with E-state index in [9.17, 15) is 4.79 Å². The maximum Gasteiger partial charge on any atom is 0.257 e. The molecule has 1 fully saturated rings. The molecule has 0 spiro atoms. The van der Waals surface area contributed by atoms with Gasteiger partial charge in [0.1, 0.15) is 5.52 Å². The van der Waals surface area contributed by atoms with E-state index in [-0.39, 0.29) is 17.7 Å². The standard InChI is InChI=1S/C19H21N3O3S2/c23-18(13-27-19-21-14-4-1-2-5-16(14)25-19)20-12-15(17-6-3-11-26-17)22-7-9-24-10-8-22/h1-6,11,15H,7-10,12-13H2,(H,20,23). The van der Waals surface area contributed by atoms with E-state index in [0.717, 1.165) is 37.4 Å². The lowest BCUT2D eigenvalue weighted by Crippen LogP contribution is -2.43. The molecule has 0 radical (unpaired) electrons. The molecular formula is C19H21N3O3S2. The first kappa shape index (κ1) is 18.5. The van der Waals surface area contributed by atoms with Crippen LogP contribution in [0.5, 0.6) is 0 Å². The Hall–Kier alpha value is -1.87. The maximum atomic E-state index is 12.3. The van der Waals surface area contributed by atoms with Gasteiger partial charge in [-0.3, -0.25) is 9.69 Å². The topological polar surface area (TPSA) is 67.6 Å². The second-order valence-corrected chi connectivity index (χ2v) is 8.13. The predicted molar refractivity (Wildman–Crippen MR) is 107 cm³/mol. The molecule has 0 aliphatic carbocycles. The van der Waals surface area contributed by atoms with Crippen LogP contribution in [0, 0.1) is 0 Å². The highest BCUT2D eigenvalue weighted by Gasteiger charge is 2.24. The summed E-state index contributed by atoms with van der Waals surface area (Å²) in [5, 5.41) is 5.67. The zero-order chi connectivity index (χ0) is 18.5. The van der Waals surface area contributed by atoms with Crippen LogP contribution in [0.1, 0.15) is 10.9 Å². The molecule has 0 bridgehead atoms. The van der Waals surface area contributed by atoms with Crippen LogP contribution in [0.2, 0.25) is 0 Å². The molecule has 1 N–H and O–H groups in total. The minimum absolute atomic E-state index is 0.0166. The molecule has 1 atom stereocenters. The molecule has 8 heteroatoms. The van der Waals surface area contributed by atoms with Gasteiger partial charge in [0.05, 0.1) is 25.0 Å². The van der Waals surface area contributed by atoms with Gasteiger partial charge in [-0.2, -0.15) is 0 Å². The first-order valence-corrected chi connectivity index (χ1v) is 10.8. The summed E-state index contributed by atoms with van der Waals surface area (Å²) in [4.78, 5) is 20.4. The van der Waals surface area contributed by atoms with Crippen LogP contribution in [0.15, 0.2) is 51.4 Å². The Balaban J connectivity index is 1.32. The number of ether oxygens (including phenoxy) is 1. The van der Waals surface area contributed by atoms with Crippen molar-refractivity contribution in [2.45, 2.75) is 11.3 Å². The molecule has 3 heterocycles. The zero-order valence-corrected chi connectivity index (χ0v) is 16.4. The lowest BCUT2D eigenvalue weighted by atomic mass is 10.2. The fourth-order valence-electron chi connectivity index (χ4n) is 3.08. The fourth-order valence-corrected chi connectivity index (χ4v) is 4.61. The van der Waals surface area contributed by atoms with E-state index in [2.05, 4.69) is 32.7 Å². The Kier molecular flexibility index (Phi) is 6.08. The third-order valence-electron chi connectivity index (χ3n) is 4.45. The third-order valence-corrected chi connectivity index (χ3v) is 6.25. The number of thiophene rings is 1. The molecule has 1 saturated heterocycles. The Morgan fingerprint density at radius 3 is 2.89 bits per heavy atom. The van der Waals surface area contributed by atoms with Crippen LogP contribution in [0.4, 0.5) is 0 Å². The van der Waals surface area contributed by atoms with E-state index in [1.807, 2.05) is 24.3 Å². The summed E-state index contributed by atoms with van der Waals surface area (Å²) >= 11 is 3.04. The molecule has 142 valence electrons. The minimum Gasteiger partial charge on any atom is -0.431 e. The average molecular weight is 404 g/mol. The summed E-state index contributed by atoms with van der Waals surface area (Å²) in [7, 11) is 0. The van der Waals surface area contributed by atoms with Crippen molar-refractivity contribution in [2.24, 2.45) is 0 Å². The molecule has 0 saturated carbocycles. The van der Waals surface area contributed by atoms with Gasteiger partial charge < -0.3 is 14.5 Å². The molecule has 1 amide bonds. The minimum atomic E-state index is -0.0166. The molecule has 1 aliphatic heterocycles. The summed E-state index contributed by atoms with van der Waals surface area (Å²) < 4.78 is 11.1. The van der Waals surface area contributed by atoms with Gasteiger partial charge >= 0.3 is 0 Å². The number of carbonyl (C=O) groups is 1. The highest BCUT2D eigenvalue weighted by Crippen LogP contribution is 2.26. The Bertz CT molecular complexity index is 842. The van der Waals surface area contributed by atoms with Gasteiger partial charge in [-0.05, 0) is 23.6 Å². The molecule has 2 aromatic heterocycles. The number of amides is 1. The Labute approximate surface area is 165 Å². The van der Waals surface area contributed by atoms with Crippen molar-refractivity contribution in [3.05, 3.63) is 46.7 Å². The van der Waals surface area contributed by atoms with E-state index in [1.165, 1.54) is 16.6 Å². The summed E-state index contributed by atoms with van der Waals surface area (Å²) in [5.74, 6) is 0.268. The van der Waals surface area contributed by atoms with E-state index in [0.29, 0.717) is 11.8 Å². The van der Waals surface area contributed by atoms with Gasteiger partial charge in [0, 0.05) is 24.5 Å². The van der Waals surface area contributed by atoms with Crippen molar-refractivity contribution in [1.82, 2.24) is 15.2 Å². The van der Waals surface area contributed by atoms with Gasteiger partial charge in [0.2, 0.25) is 5.91 Å². The monoisotopic (exact) mass is 403 g/mol. The summed E-state index contributed by atoms with van der Waals surface area (Å²) in [6.07, 6.45) is 0. The van der Waals surface area contributed by atoms with Crippen molar-refractivity contribution < 1.29 is 13.9 Å². The second-order valence-electron chi connectivity index (χ2n) is 6.22. The number of benzene rings is 1. The Morgan fingerprint density at radius 2 is 2.11 bits per heavy atom. The number of hydrogen-bond donors (Lipinski definition) is 1. The molecule has 3 aromatic rings. The number of fused-ring (bicyclic) bond motifs is 1. The van der Waals surface area contributed by atoms with Gasteiger partial charge in [-0.15, -0.1) is 11.3 Å². The lowest BCUT2D eigenvalue weighted by molar-refractivity contribution is -0.118. The summed E-state index contributed by atoms with van der Waals surface area (Å²) in [6, 6.07) is 12.0. The van der Waals surface area contributed by atoms with Gasteiger partial charge in [0.15, 0.2) is 5.58 Å². The van der Waals surface area contributed by atoms with E-state index < -0.39 is 0 Å². The molecule has 1 aromatic carbocycles. The smallest absolute Gasteiger partial charge is 0.257 e. The first-order valence-electron chi connectivity index (χ1n) is 8.90. The molecule has 1 unspecified atom stereocenters. The number of aromatic nitrogens is 1. The first-order chi connectivity index (χ1) is 13.3. The maximum absolute atomic E-state index is 12.3. The second kappa shape index (κ2) is 8.88. The molecule has 6 nitrogen and oxygen atoms in total. The van der Waals surface area contributed by atoms with Gasteiger partial charge in [-0.1, -0.05) is 30.0 Å². The van der Waals surface area contributed by atoms with Crippen molar-refractivity contribution in [3.63, 3.8) is 0 Å². The van der Waals surface area contributed by atoms with Crippen molar-refractivity contribution in [1.29, 1.82) is 0 Å². The van der Waals surface area contributed by atoms with Crippen LogP contribution < -0.4 is 5.32 Å². The number of thioether (sulfide) groups is 1. The number of nitrogens with one attached hydrogen (secondary N) is 1. The van der Waals surface area contributed by atoms with E-state index in [4.69, 9.17) is 9.15 Å². The number of oxazole rings is 1. The summed E-state index contributed by atoms with van der Waals surface area (Å²) in [6.45, 7) is 3.84. The zero-order valence-electron chi connectivity index (χ0n) is 14.8. The van der Waals surface area contributed by atoms with Crippen molar-refractivity contribution in [3.8, 4) is 0 Å². The number of para-hydroxylation sites is 2. The summed E-state index contributed by atoms with van der Waals surface area (Å²) in [5.41, 5.74) is 1.55. The molecule has 1 aliphatic rings. The Morgan fingerprint density at radius 1 is 1.26 bits per heavy atom. The molecule has 4 rings (SSSR count). The van der Waals surface area contributed by atoms with Crippen LogP contribution in [-0.2, 0) is 9.53 Å². The van der Waals surface area contributed by atoms with Gasteiger partial charge in [0.25, 0.3) is 5.22 Å². The highest BCUT2D eigenvalue weighted by atomic mass is 32.2. The van der Waals surface area contributed by atoms with Crippen LogP contribution in [-0.4, -0.2) is 54.4 Å². The number of hydrogen-bond acceptors (Lipinski definition) is 7. The third kappa shape index (κ3) is 4.70. The number of rotatable bonds is 7. The van der Waals surface area contributed by atoms with Crippen molar-refractivity contribution in [2.75, 3.05) is 38.6 Å². The van der Waals surface area contributed by atoms with E-state index in [1.54, 1.807) is 11.3 Å². The SMILES string of the molecule is O=C(CSc1nc2ccccc2o1)NCC(c1cccs1)N1CCOCC1. The largest absolute Gasteiger partial charge is 0.431 e. The number of morpholine rings is 1. The van der Waals surface area contributed by atoms with Crippen LogP contribution in [0.25, 0.3) is 11.1 Å². The molecular weight excluding hydrogens is 382 g/mol. The van der Waals surface area contributed by atoms with Gasteiger partial charge in [-0.25, -0.2) is 4.98 Å². The fraction of sp³-hybridized carbons (Fsp3) is 0.368. The quantitative estimate of drug-likeness (QED) is 0.611. The van der Waals surface area contributed by atoms with Crippen LogP contribution >= 0.6 is 23.1 Å². The normalized spacial score (nSPS) is 16.4. The van der Waals surface area contributed by atoms with Crippen molar-refractivity contribution >= 4 is 40.1 Å². The van der Waals surface area contributed by atoms with Crippen LogP contribution in [0.3, 0.4) is 0 Å². The van der Waals surface area contributed by atoms with E-state index >= 15 is 0 Å². The lowest BCUT2D eigenvalue weighted by Gasteiger charge is -2.34. The average Bonchev–Trinajstić information content (AvgIpc) is 3.37.